The number of rotatable bonds is 3. The first-order valence-electron chi connectivity index (χ1n) is 5.53. The summed E-state index contributed by atoms with van der Waals surface area (Å²) < 4.78 is 17.6. The Morgan fingerprint density at radius 1 is 1.32 bits per heavy atom. The summed E-state index contributed by atoms with van der Waals surface area (Å²) in [5.41, 5.74) is 1.59. The molecule has 1 aromatic carbocycles. The van der Waals surface area contributed by atoms with Crippen molar-refractivity contribution >= 4 is 17.5 Å². The van der Waals surface area contributed by atoms with Crippen LogP contribution in [0.25, 0.3) is 0 Å². The minimum atomic E-state index is -0.555. The fraction of sp³-hybridized carbons (Fsp3) is 0.154. The molecule has 0 fully saturated rings. The van der Waals surface area contributed by atoms with Gasteiger partial charge in [-0.05, 0) is 24.6 Å². The molecule has 0 radical (unpaired) electrons. The Bertz CT molecular complexity index is 599. The zero-order valence-electron chi connectivity index (χ0n) is 10.5. The summed E-state index contributed by atoms with van der Waals surface area (Å²) in [6, 6.07) is 4.41. The maximum atomic E-state index is 13.1. The molecular weight excluding hydrogens is 249 g/mol. The van der Waals surface area contributed by atoms with Crippen molar-refractivity contribution in [2.24, 2.45) is 0 Å². The van der Waals surface area contributed by atoms with Crippen molar-refractivity contribution in [3.63, 3.8) is 0 Å². The Labute approximate surface area is 109 Å². The second-order valence-corrected chi connectivity index (χ2v) is 3.86. The minimum absolute atomic E-state index is 0.115. The predicted molar refractivity (Wildman–Crippen MR) is 67.8 cm³/mol. The number of nitrogens with one attached hydrogen (secondary N) is 1. The van der Waals surface area contributed by atoms with Gasteiger partial charge in [-0.1, -0.05) is 6.07 Å². The van der Waals surface area contributed by atoms with E-state index in [1.165, 1.54) is 31.6 Å². The Kier molecular flexibility index (Phi) is 3.70. The van der Waals surface area contributed by atoms with Gasteiger partial charge in [0.2, 0.25) is 0 Å². The van der Waals surface area contributed by atoms with Gasteiger partial charge in [-0.25, -0.2) is 19.2 Å². The molecule has 0 atom stereocenters. The van der Waals surface area contributed by atoms with Crippen molar-refractivity contribution in [1.82, 2.24) is 9.97 Å². The van der Waals surface area contributed by atoms with Crippen LogP contribution < -0.4 is 5.32 Å². The Morgan fingerprint density at radius 2 is 2.11 bits per heavy atom. The van der Waals surface area contributed by atoms with Crippen LogP contribution in [0.4, 0.5) is 15.9 Å². The zero-order valence-corrected chi connectivity index (χ0v) is 10.5. The summed E-state index contributed by atoms with van der Waals surface area (Å²) in [5.74, 6) is -0.477. The molecule has 2 aromatic rings. The topological polar surface area (TPSA) is 64.1 Å². The molecule has 2 rings (SSSR count). The van der Waals surface area contributed by atoms with Crippen LogP contribution in [0.1, 0.15) is 16.1 Å². The highest BCUT2D eigenvalue weighted by atomic mass is 19.1. The summed E-state index contributed by atoms with van der Waals surface area (Å²) in [5, 5.41) is 2.93. The van der Waals surface area contributed by atoms with Crippen LogP contribution in [0.5, 0.6) is 0 Å². The van der Waals surface area contributed by atoms with Gasteiger partial charge >= 0.3 is 5.97 Å². The number of carbonyl (C=O) groups excluding carboxylic acids is 1. The minimum Gasteiger partial charge on any atom is -0.464 e. The standard InChI is InChI=1S/C13H12FN3O2/c1-8-3-4-9(14)5-10(8)17-12-7-15-11(6-16-12)13(18)19-2/h3-7H,1-2H3,(H,16,17). The fourth-order valence-corrected chi connectivity index (χ4v) is 1.47. The smallest absolute Gasteiger partial charge is 0.358 e. The highest BCUT2D eigenvalue weighted by Crippen LogP contribution is 2.19. The molecule has 0 aliphatic rings. The Morgan fingerprint density at radius 3 is 2.74 bits per heavy atom. The van der Waals surface area contributed by atoms with Crippen molar-refractivity contribution in [2.45, 2.75) is 6.92 Å². The highest BCUT2D eigenvalue weighted by molar-refractivity contribution is 5.86. The number of esters is 1. The Hall–Kier alpha value is -2.50. The lowest BCUT2D eigenvalue weighted by Crippen LogP contribution is -2.06. The molecule has 98 valence electrons. The van der Waals surface area contributed by atoms with Gasteiger partial charge in [0, 0.05) is 5.69 Å². The van der Waals surface area contributed by atoms with Gasteiger partial charge in [-0.3, -0.25) is 0 Å². The number of halogens is 1. The lowest BCUT2D eigenvalue weighted by molar-refractivity contribution is 0.0593. The van der Waals surface area contributed by atoms with Gasteiger partial charge in [0.1, 0.15) is 11.6 Å². The number of methoxy groups -OCH3 is 1. The van der Waals surface area contributed by atoms with Crippen LogP contribution in [0.15, 0.2) is 30.6 Å². The monoisotopic (exact) mass is 261 g/mol. The second-order valence-electron chi connectivity index (χ2n) is 3.86. The van der Waals surface area contributed by atoms with Gasteiger partial charge < -0.3 is 10.1 Å². The highest BCUT2D eigenvalue weighted by Gasteiger charge is 2.08. The van der Waals surface area contributed by atoms with Gasteiger partial charge in [0.15, 0.2) is 5.69 Å². The first-order chi connectivity index (χ1) is 9.10. The van der Waals surface area contributed by atoms with Crippen LogP contribution in [-0.2, 0) is 4.74 Å². The third-order valence-corrected chi connectivity index (χ3v) is 2.51. The SMILES string of the molecule is COC(=O)c1cnc(Nc2cc(F)ccc2C)cn1. The fourth-order valence-electron chi connectivity index (χ4n) is 1.47. The number of anilines is 2. The van der Waals surface area contributed by atoms with Crippen molar-refractivity contribution in [3.05, 3.63) is 47.7 Å². The third kappa shape index (κ3) is 3.04. The van der Waals surface area contributed by atoms with Crippen molar-refractivity contribution < 1.29 is 13.9 Å². The molecule has 0 saturated carbocycles. The maximum Gasteiger partial charge on any atom is 0.358 e. The number of hydrogen-bond acceptors (Lipinski definition) is 5. The molecule has 0 spiro atoms. The number of carbonyl (C=O) groups is 1. The van der Waals surface area contributed by atoms with E-state index in [2.05, 4.69) is 20.0 Å². The van der Waals surface area contributed by atoms with Gasteiger partial charge in [-0.2, -0.15) is 0 Å². The van der Waals surface area contributed by atoms with E-state index < -0.39 is 5.97 Å². The quantitative estimate of drug-likeness (QED) is 0.860. The van der Waals surface area contributed by atoms with E-state index in [-0.39, 0.29) is 11.5 Å². The van der Waals surface area contributed by atoms with E-state index in [4.69, 9.17) is 0 Å². The number of nitrogens with zero attached hydrogens (tertiary/aromatic N) is 2. The van der Waals surface area contributed by atoms with Crippen LogP contribution in [0, 0.1) is 12.7 Å². The second kappa shape index (κ2) is 5.43. The van der Waals surface area contributed by atoms with Crippen LogP contribution in [0.2, 0.25) is 0 Å². The number of ether oxygens (including phenoxy) is 1. The molecule has 1 heterocycles. The van der Waals surface area contributed by atoms with E-state index in [9.17, 15) is 9.18 Å². The first-order valence-corrected chi connectivity index (χ1v) is 5.53. The van der Waals surface area contributed by atoms with Gasteiger partial charge in [0.05, 0.1) is 19.5 Å². The Balaban J connectivity index is 2.19. The van der Waals surface area contributed by atoms with Crippen molar-refractivity contribution in [3.8, 4) is 0 Å². The van der Waals surface area contributed by atoms with Gasteiger partial charge in [-0.15, -0.1) is 0 Å². The van der Waals surface area contributed by atoms with E-state index in [0.717, 1.165) is 5.56 Å². The summed E-state index contributed by atoms with van der Waals surface area (Å²) >= 11 is 0. The number of hydrogen-bond donors (Lipinski definition) is 1. The lowest BCUT2D eigenvalue weighted by Gasteiger charge is -2.08. The number of benzene rings is 1. The average Bonchev–Trinajstić information content (AvgIpc) is 2.43. The van der Waals surface area contributed by atoms with Crippen LogP contribution in [-0.4, -0.2) is 23.0 Å². The van der Waals surface area contributed by atoms with E-state index in [0.29, 0.717) is 11.5 Å². The summed E-state index contributed by atoms with van der Waals surface area (Å²) in [6.07, 6.45) is 2.68. The summed E-state index contributed by atoms with van der Waals surface area (Å²) in [4.78, 5) is 19.1. The maximum absolute atomic E-state index is 13.1. The normalized spacial score (nSPS) is 10.1. The zero-order chi connectivity index (χ0) is 13.8. The molecule has 19 heavy (non-hydrogen) atoms. The number of aryl methyl sites for hydroxylation is 1. The summed E-state index contributed by atoms with van der Waals surface area (Å²) in [7, 11) is 1.27. The molecule has 0 aliphatic heterocycles. The molecule has 0 unspecified atom stereocenters. The molecule has 1 N–H and O–H groups in total. The molecule has 0 amide bonds. The molecule has 0 bridgehead atoms. The molecule has 0 saturated heterocycles. The van der Waals surface area contributed by atoms with Gasteiger partial charge in [0.25, 0.3) is 0 Å². The predicted octanol–water partition coefficient (Wildman–Crippen LogP) is 2.45. The molecular formula is C13H12FN3O2. The van der Waals surface area contributed by atoms with Crippen LogP contribution >= 0.6 is 0 Å². The van der Waals surface area contributed by atoms with Crippen LogP contribution in [0.3, 0.4) is 0 Å². The van der Waals surface area contributed by atoms with E-state index in [1.807, 2.05) is 6.92 Å². The first kappa shape index (κ1) is 12.9. The third-order valence-electron chi connectivity index (χ3n) is 2.51. The molecule has 5 nitrogen and oxygen atoms in total. The number of aromatic nitrogens is 2. The van der Waals surface area contributed by atoms with Crippen molar-refractivity contribution in [2.75, 3.05) is 12.4 Å². The van der Waals surface area contributed by atoms with Crippen molar-refractivity contribution in [1.29, 1.82) is 0 Å². The summed E-state index contributed by atoms with van der Waals surface area (Å²) in [6.45, 7) is 1.85. The molecule has 1 aromatic heterocycles. The molecule has 0 aliphatic carbocycles. The lowest BCUT2D eigenvalue weighted by atomic mass is 10.2. The largest absolute Gasteiger partial charge is 0.464 e. The van der Waals surface area contributed by atoms with E-state index >= 15 is 0 Å². The average molecular weight is 261 g/mol. The molecule has 6 heteroatoms. The van der Waals surface area contributed by atoms with E-state index in [1.54, 1.807) is 6.07 Å².